The average Bonchev–Trinajstić information content (AvgIpc) is 3.40. The first-order valence-corrected chi connectivity index (χ1v) is 10.3. The maximum atomic E-state index is 13.8. The Morgan fingerprint density at radius 2 is 2.10 bits per heavy atom. The van der Waals surface area contributed by atoms with Crippen LogP contribution >= 0.6 is 0 Å². The molecule has 2 aromatic rings. The Kier molecular flexibility index (Phi) is 5.73. The molecule has 3 atom stereocenters. The van der Waals surface area contributed by atoms with Gasteiger partial charge in [-0.3, -0.25) is 4.79 Å². The van der Waals surface area contributed by atoms with E-state index in [9.17, 15) is 18.0 Å². The van der Waals surface area contributed by atoms with Crippen molar-refractivity contribution in [3.8, 4) is 0 Å². The molecule has 1 aromatic heterocycles. The number of ether oxygens (including phenoxy) is 1. The Morgan fingerprint density at radius 3 is 2.73 bits per heavy atom. The van der Waals surface area contributed by atoms with Crippen LogP contribution in [0, 0.1) is 0 Å². The monoisotopic (exact) mass is 422 g/mol. The molecule has 0 bridgehead atoms. The predicted octanol–water partition coefficient (Wildman–Crippen LogP) is 4.01. The van der Waals surface area contributed by atoms with Gasteiger partial charge in [0.15, 0.2) is 6.04 Å². The number of benzene rings is 1. The zero-order chi connectivity index (χ0) is 21.3. The van der Waals surface area contributed by atoms with Crippen LogP contribution in [0.5, 0.6) is 0 Å². The molecular weight excluding hydrogens is 397 g/mol. The van der Waals surface area contributed by atoms with E-state index in [4.69, 9.17) is 4.74 Å². The molecular formula is C21H25F3N4O2. The summed E-state index contributed by atoms with van der Waals surface area (Å²) in [6.07, 6.45) is -0.870. The van der Waals surface area contributed by atoms with E-state index in [0.717, 1.165) is 35.1 Å². The van der Waals surface area contributed by atoms with Crippen molar-refractivity contribution in [2.75, 3.05) is 18.5 Å². The molecule has 1 saturated heterocycles. The van der Waals surface area contributed by atoms with Gasteiger partial charge in [-0.25, -0.2) is 4.68 Å². The van der Waals surface area contributed by atoms with E-state index in [1.165, 1.54) is 6.20 Å². The third kappa shape index (κ3) is 4.16. The lowest BCUT2D eigenvalue weighted by atomic mass is 9.95. The SMILES string of the molecule is CCc1ccc(C2CC(C(F)(F)F)n3ncc(C(=O)NCC4CCCO4)c3N2)cc1. The summed E-state index contributed by atoms with van der Waals surface area (Å²) in [6, 6.07) is 5.14. The van der Waals surface area contributed by atoms with Crippen molar-refractivity contribution in [3.63, 3.8) is 0 Å². The van der Waals surface area contributed by atoms with Crippen molar-refractivity contribution in [3.05, 3.63) is 47.2 Å². The van der Waals surface area contributed by atoms with Crippen LogP contribution in [0.25, 0.3) is 0 Å². The molecule has 0 radical (unpaired) electrons. The Labute approximate surface area is 172 Å². The first kappa shape index (κ1) is 20.7. The number of carbonyl (C=O) groups excluding carboxylic acids is 1. The molecule has 6 nitrogen and oxygen atoms in total. The van der Waals surface area contributed by atoms with Crippen molar-refractivity contribution in [1.82, 2.24) is 15.1 Å². The molecule has 0 aliphatic carbocycles. The van der Waals surface area contributed by atoms with E-state index in [1.54, 1.807) is 0 Å². The minimum Gasteiger partial charge on any atom is -0.376 e. The van der Waals surface area contributed by atoms with Gasteiger partial charge in [-0.15, -0.1) is 0 Å². The van der Waals surface area contributed by atoms with E-state index in [-0.39, 0.29) is 23.9 Å². The van der Waals surface area contributed by atoms with Crippen molar-refractivity contribution < 1.29 is 22.7 Å². The number of rotatable bonds is 5. The topological polar surface area (TPSA) is 68.2 Å². The molecule has 1 aromatic carbocycles. The highest BCUT2D eigenvalue weighted by Gasteiger charge is 2.47. The van der Waals surface area contributed by atoms with Gasteiger partial charge >= 0.3 is 6.18 Å². The number of aryl methyl sites for hydroxylation is 1. The second-order valence-electron chi connectivity index (χ2n) is 7.78. The second kappa shape index (κ2) is 8.29. The van der Waals surface area contributed by atoms with Crippen LogP contribution in [0.1, 0.15) is 59.8 Å². The number of fused-ring (bicyclic) bond motifs is 1. The summed E-state index contributed by atoms with van der Waals surface area (Å²) in [6.45, 7) is 3.01. The third-order valence-electron chi connectivity index (χ3n) is 5.79. The number of hydrogen-bond acceptors (Lipinski definition) is 4. The minimum absolute atomic E-state index is 0.0546. The highest BCUT2D eigenvalue weighted by molar-refractivity contribution is 5.98. The zero-order valence-corrected chi connectivity index (χ0v) is 16.7. The summed E-state index contributed by atoms with van der Waals surface area (Å²) in [4.78, 5) is 12.7. The highest BCUT2D eigenvalue weighted by Crippen LogP contribution is 2.44. The first-order valence-electron chi connectivity index (χ1n) is 10.3. The number of carbonyl (C=O) groups is 1. The normalized spacial score (nSPS) is 23.7. The summed E-state index contributed by atoms with van der Waals surface area (Å²) >= 11 is 0. The maximum Gasteiger partial charge on any atom is 0.410 e. The summed E-state index contributed by atoms with van der Waals surface area (Å²) in [5, 5.41) is 9.78. The molecule has 30 heavy (non-hydrogen) atoms. The molecule has 1 amide bonds. The van der Waals surface area contributed by atoms with Crippen LogP contribution < -0.4 is 10.6 Å². The lowest BCUT2D eigenvalue weighted by Gasteiger charge is -2.34. The van der Waals surface area contributed by atoms with Crippen LogP contribution in [-0.4, -0.2) is 41.1 Å². The summed E-state index contributed by atoms with van der Waals surface area (Å²) < 4.78 is 47.7. The fourth-order valence-corrected chi connectivity index (χ4v) is 4.04. The fourth-order valence-electron chi connectivity index (χ4n) is 4.04. The van der Waals surface area contributed by atoms with Crippen LogP contribution in [0.15, 0.2) is 30.5 Å². The molecule has 2 aliphatic rings. The molecule has 2 aliphatic heterocycles. The fraction of sp³-hybridized carbons (Fsp3) is 0.524. The van der Waals surface area contributed by atoms with Crippen LogP contribution in [0.3, 0.4) is 0 Å². The second-order valence-corrected chi connectivity index (χ2v) is 7.78. The van der Waals surface area contributed by atoms with Gasteiger partial charge in [0.2, 0.25) is 0 Å². The number of amides is 1. The molecule has 0 saturated carbocycles. The summed E-state index contributed by atoms with van der Waals surface area (Å²) in [7, 11) is 0. The van der Waals surface area contributed by atoms with E-state index in [1.807, 2.05) is 31.2 Å². The van der Waals surface area contributed by atoms with Gasteiger partial charge in [0.1, 0.15) is 11.4 Å². The minimum atomic E-state index is -4.48. The number of anilines is 1. The molecule has 3 unspecified atom stereocenters. The van der Waals surface area contributed by atoms with E-state index in [0.29, 0.717) is 13.2 Å². The Balaban J connectivity index is 1.59. The van der Waals surface area contributed by atoms with Gasteiger partial charge in [0.25, 0.3) is 5.91 Å². The van der Waals surface area contributed by atoms with Crippen molar-refractivity contribution in [1.29, 1.82) is 0 Å². The average molecular weight is 422 g/mol. The van der Waals surface area contributed by atoms with Gasteiger partial charge in [0, 0.05) is 19.6 Å². The number of nitrogens with one attached hydrogen (secondary N) is 2. The molecule has 3 heterocycles. The molecule has 2 N–H and O–H groups in total. The maximum absolute atomic E-state index is 13.8. The number of halogens is 3. The van der Waals surface area contributed by atoms with Gasteiger partial charge < -0.3 is 15.4 Å². The Hall–Kier alpha value is -2.55. The van der Waals surface area contributed by atoms with Gasteiger partial charge in [0.05, 0.1) is 18.3 Å². The van der Waals surface area contributed by atoms with E-state index in [2.05, 4.69) is 15.7 Å². The van der Waals surface area contributed by atoms with E-state index < -0.39 is 24.2 Å². The molecule has 1 fully saturated rings. The molecule has 0 spiro atoms. The third-order valence-corrected chi connectivity index (χ3v) is 5.79. The summed E-state index contributed by atoms with van der Waals surface area (Å²) in [5.41, 5.74) is 1.97. The first-order chi connectivity index (χ1) is 14.4. The van der Waals surface area contributed by atoms with Gasteiger partial charge in [-0.2, -0.15) is 18.3 Å². The van der Waals surface area contributed by atoms with Crippen molar-refractivity contribution in [2.24, 2.45) is 0 Å². The van der Waals surface area contributed by atoms with Crippen molar-refractivity contribution in [2.45, 2.75) is 57.0 Å². The predicted molar refractivity (Wildman–Crippen MR) is 105 cm³/mol. The molecule has 9 heteroatoms. The lowest BCUT2D eigenvalue weighted by molar-refractivity contribution is -0.173. The van der Waals surface area contributed by atoms with Crippen LogP contribution in [0.2, 0.25) is 0 Å². The van der Waals surface area contributed by atoms with E-state index >= 15 is 0 Å². The van der Waals surface area contributed by atoms with Crippen LogP contribution in [-0.2, 0) is 11.2 Å². The number of nitrogens with zero attached hydrogens (tertiary/aromatic N) is 2. The standard InChI is InChI=1S/C21H25F3N4O2/c1-2-13-5-7-14(8-6-13)17-10-18(21(22,23)24)28-19(27-17)16(12-26-28)20(29)25-11-15-4-3-9-30-15/h5-8,12,15,17-18,27H,2-4,9-11H2,1H3,(H,25,29). The zero-order valence-electron chi connectivity index (χ0n) is 16.7. The van der Waals surface area contributed by atoms with Crippen molar-refractivity contribution >= 4 is 11.7 Å². The number of alkyl halides is 3. The Morgan fingerprint density at radius 1 is 1.33 bits per heavy atom. The highest BCUT2D eigenvalue weighted by atomic mass is 19.4. The van der Waals surface area contributed by atoms with Crippen LogP contribution in [0.4, 0.5) is 19.0 Å². The quantitative estimate of drug-likeness (QED) is 0.764. The lowest BCUT2D eigenvalue weighted by Crippen LogP contribution is -2.37. The van der Waals surface area contributed by atoms with Gasteiger partial charge in [-0.1, -0.05) is 31.2 Å². The number of hydrogen-bond donors (Lipinski definition) is 2. The largest absolute Gasteiger partial charge is 0.410 e. The van der Waals surface area contributed by atoms with Gasteiger partial charge in [-0.05, 0) is 30.4 Å². The molecule has 4 rings (SSSR count). The number of aromatic nitrogens is 2. The molecule has 162 valence electrons. The summed E-state index contributed by atoms with van der Waals surface area (Å²) in [5.74, 6) is -0.361. The Bertz CT molecular complexity index is 889. The smallest absolute Gasteiger partial charge is 0.376 e.